The monoisotopic (exact) mass is 866 g/mol. The number of unbranched alkanes of at least 4 members (excludes halogenated alkanes) is 1. The number of carboxylic acid groups (broad SMARTS) is 1. The molecule has 0 radical (unpaired) electrons. The van der Waals surface area contributed by atoms with Crippen molar-refractivity contribution in [2.75, 3.05) is 6.54 Å². The smallest absolute Gasteiger partial charge is 0.407 e. The summed E-state index contributed by atoms with van der Waals surface area (Å²) in [5.74, 6) is -6.09. The van der Waals surface area contributed by atoms with Gasteiger partial charge in [-0.25, -0.2) is 4.79 Å². The first-order valence-electron chi connectivity index (χ1n) is 20.0. The van der Waals surface area contributed by atoms with E-state index in [1.165, 1.54) is 34.6 Å². The molecule has 1 rings (SSSR count). The molecule has 0 bridgehead atoms. The predicted octanol–water partition coefficient (Wildman–Crippen LogP) is 1.41. The largest absolute Gasteiger partial charge is 0.480 e. The van der Waals surface area contributed by atoms with Gasteiger partial charge in [0.05, 0.1) is 0 Å². The van der Waals surface area contributed by atoms with Gasteiger partial charge in [-0.2, -0.15) is 0 Å². The summed E-state index contributed by atoms with van der Waals surface area (Å²) in [6, 6.07) is -1.09. The number of carboxylic acids is 1. The Kier molecular flexibility index (Phi) is 23.3. The van der Waals surface area contributed by atoms with Crippen molar-refractivity contribution in [3.8, 4) is 0 Å². The van der Waals surface area contributed by atoms with Gasteiger partial charge in [0.25, 0.3) is 0 Å². The maximum absolute atomic E-state index is 13.7. The van der Waals surface area contributed by atoms with Crippen molar-refractivity contribution < 1.29 is 53.0 Å². The Balaban J connectivity index is 3.08. The Labute approximate surface area is 356 Å². The molecule has 0 aliphatic rings. The molecular weight excluding hydrogens is 804 g/mol. The molecule has 1 aromatic carbocycles. The summed E-state index contributed by atoms with van der Waals surface area (Å²) in [5.41, 5.74) is 0.621. The molecule has 0 fully saturated rings. The Morgan fingerprint density at radius 2 is 1.02 bits per heavy atom. The zero-order valence-corrected chi connectivity index (χ0v) is 36.6. The van der Waals surface area contributed by atoms with Crippen molar-refractivity contribution >= 4 is 65.0 Å². The Morgan fingerprint density at radius 3 is 1.47 bits per heavy atom. The van der Waals surface area contributed by atoms with Crippen LogP contribution in [0.3, 0.4) is 0 Å². The summed E-state index contributed by atoms with van der Waals surface area (Å²) in [7, 11) is 0. The van der Waals surface area contributed by atoms with E-state index in [9.17, 15) is 48.3 Å². The van der Waals surface area contributed by atoms with Crippen molar-refractivity contribution in [3.05, 3.63) is 34.9 Å². The summed E-state index contributed by atoms with van der Waals surface area (Å²) < 4.78 is 5.21. The molecule has 7 atom stereocenters. The van der Waals surface area contributed by atoms with E-state index in [4.69, 9.17) is 16.3 Å². The minimum Gasteiger partial charge on any atom is -0.480 e. The van der Waals surface area contributed by atoms with Gasteiger partial charge in [-0.15, -0.1) is 0 Å². The predicted molar refractivity (Wildman–Crippen MR) is 222 cm³/mol. The highest BCUT2D eigenvalue weighted by Crippen LogP contribution is 2.16. The number of hydrogen-bond acceptors (Lipinski definition) is 10. The van der Waals surface area contributed by atoms with E-state index in [-0.39, 0.29) is 50.7 Å². The quantitative estimate of drug-likeness (QED) is 0.0634. The number of halogens is 1. The maximum Gasteiger partial charge on any atom is 0.407 e. The molecule has 0 unspecified atom stereocenters. The van der Waals surface area contributed by atoms with E-state index in [1.807, 2.05) is 27.7 Å². The fourth-order valence-corrected chi connectivity index (χ4v) is 5.73. The van der Waals surface area contributed by atoms with Crippen molar-refractivity contribution in [3.63, 3.8) is 0 Å². The second kappa shape index (κ2) is 26.6. The number of ether oxygens (including phenoxy) is 1. The number of benzene rings is 1. The number of amides is 8. The van der Waals surface area contributed by atoms with Gasteiger partial charge in [-0.05, 0) is 77.7 Å². The highest BCUT2D eigenvalue weighted by molar-refractivity contribution is 6.31. The Bertz CT molecular complexity index is 1660. The molecule has 0 spiro atoms. The van der Waals surface area contributed by atoms with Gasteiger partial charge in [-0.1, -0.05) is 57.5 Å². The molecule has 0 saturated carbocycles. The summed E-state index contributed by atoms with van der Waals surface area (Å²) in [6.07, 6.45) is 0.352. The first-order valence-corrected chi connectivity index (χ1v) is 20.4. The molecule has 19 nitrogen and oxygen atoms in total. The van der Waals surface area contributed by atoms with E-state index >= 15 is 0 Å². The Morgan fingerprint density at radius 1 is 0.583 bits per heavy atom. The molecule has 9 N–H and O–H groups in total. The third-order valence-corrected chi connectivity index (χ3v) is 9.23. The summed E-state index contributed by atoms with van der Waals surface area (Å²) in [4.78, 5) is 114. The average molecular weight is 867 g/mol. The van der Waals surface area contributed by atoms with E-state index < -0.39 is 95.7 Å². The van der Waals surface area contributed by atoms with E-state index in [0.29, 0.717) is 17.0 Å². The van der Waals surface area contributed by atoms with Crippen LogP contribution in [0.15, 0.2) is 24.3 Å². The number of carbonyl (C=O) groups is 9. The van der Waals surface area contributed by atoms with Gasteiger partial charge >= 0.3 is 12.1 Å². The zero-order chi connectivity index (χ0) is 45.7. The number of rotatable bonds is 25. The van der Waals surface area contributed by atoms with Crippen LogP contribution >= 0.6 is 11.6 Å². The number of aliphatic carboxylic acids is 1. The van der Waals surface area contributed by atoms with Gasteiger partial charge in [-0.3, -0.25) is 38.4 Å². The molecular formula is C40H63ClN8O11. The average Bonchev–Trinajstić information content (AvgIpc) is 3.15. The molecule has 0 aliphatic heterocycles. The fraction of sp³-hybridized carbons (Fsp3) is 0.625. The summed E-state index contributed by atoms with van der Waals surface area (Å²) in [5, 5.41) is 29.9. The minimum absolute atomic E-state index is 0.0292. The number of hydrogen-bond donors (Lipinski definition) is 9. The lowest BCUT2D eigenvalue weighted by Gasteiger charge is -2.26. The van der Waals surface area contributed by atoms with E-state index in [0.717, 1.165) is 0 Å². The summed E-state index contributed by atoms with van der Waals surface area (Å²) in [6.45, 7) is 14.1. The normalized spacial score (nSPS) is 14.5. The van der Waals surface area contributed by atoms with Crippen LogP contribution in [-0.2, 0) is 49.7 Å². The van der Waals surface area contributed by atoms with Gasteiger partial charge in [0.15, 0.2) is 0 Å². The highest BCUT2D eigenvalue weighted by atomic mass is 35.5. The summed E-state index contributed by atoms with van der Waals surface area (Å²) >= 11 is 6.11. The Hall–Kier alpha value is -5.46. The molecule has 0 aromatic heterocycles. The molecule has 60 heavy (non-hydrogen) atoms. The SMILES string of the molecule is CC(=O)N[C@@H](C)C(=O)N[C@@H](CC(C)C)C(=O)N[C@@H](C)C(=O)N[C@@H](CCCCNC(=O)OCc1ccccc1Cl)C(=O)N[C@@H](C)C(=O)N[C@@H](CC(C)C)C(=O)N[C@@H](C)C(=O)O. The second-order valence-electron chi connectivity index (χ2n) is 15.5. The molecule has 20 heteroatoms. The standard InChI is InChI=1S/C40H63ClN8O11/c1-21(2)18-31(48-33(51)23(5)43-27(9)50)37(55)45-24(6)34(52)47-30(16-12-13-17-42-40(59)60-20-28-14-10-11-15-29(28)41)36(54)44-25(7)35(53)49-32(19-22(3)4)38(56)46-26(8)39(57)58/h10-11,14-15,21-26,30-32H,12-13,16-20H2,1-9H3,(H,42,59)(H,43,50)(H,44,54)(H,45,55)(H,46,56)(H,47,52)(H,48,51)(H,49,53)(H,57,58)/t23-,24-,25-,26-,30-,31-,32-/m0/s1. The number of nitrogens with one attached hydrogen (secondary N) is 8. The van der Waals surface area contributed by atoms with Gasteiger partial charge in [0, 0.05) is 24.1 Å². The molecule has 8 amide bonds. The van der Waals surface area contributed by atoms with Gasteiger partial charge in [0.2, 0.25) is 41.4 Å². The van der Waals surface area contributed by atoms with Crippen LogP contribution in [0.2, 0.25) is 5.02 Å². The third-order valence-electron chi connectivity index (χ3n) is 8.87. The van der Waals surface area contributed by atoms with Crippen molar-refractivity contribution in [1.29, 1.82) is 0 Å². The lowest BCUT2D eigenvalue weighted by molar-refractivity contribution is -0.142. The van der Waals surface area contributed by atoms with Crippen LogP contribution in [0.1, 0.15) is 100.0 Å². The van der Waals surface area contributed by atoms with Gasteiger partial charge < -0.3 is 52.4 Å². The van der Waals surface area contributed by atoms with Crippen LogP contribution in [0.4, 0.5) is 4.79 Å². The maximum atomic E-state index is 13.7. The number of alkyl carbamates (subject to hydrolysis) is 1. The van der Waals surface area contributed by atoms with Crippen molar-refractivity contribution in [1.82, 2.24) is 42.5 Å². The lowest BCUT2D eigenvalue weighted by atomic mass is 10.0. The minimum atomic E-state index is -1.26. The zero-order valence-electron chi connectivity index (χ0n) is 35.9. The lowest BCUT2D eigenvalue weighted by Crippen LogP contribution is -2.59. The van der Waals surface area contributed by atoms with Crippen LogP contribution in [0.5, 0.6) is 0 Å². The van der Waals surface area contributed by atoms with Crippen LogP contribution in [-0.4, -0.2) is 107 Å². The fourth-order valence-electron chi connectivity index (χ4n) is 5.54. The number of carbonyl (C=O) groups excluding carboxylic acids is 8. The van der Waals surface area contributed by atoms with E-state index in [1.54, 1.807) is 24.3 Å². The highest BCUT2D eigenvalue weighted by Gasteiger charge is 2.31. The van der Waals surface area contributed by atoms with Crippen LogP contribution in [0, 0.1) is 11.8 Å². The van der Waals surface area contributed by atoms with Gasteiger partial charge in [0.1, 0.15) is 48.9 Å². The van der Waals surface area contributed by atoms with Crippen molar-refractivity contribution in [2.45, 2.75) is 143 Å². The van der Waals surface area contributed by atoms with Crippen molar-refractivity contribution in [2.24, 2.45) is 11.8 Å². The topological polar surface area (TPSA) is 279 Å². The molecule has 0 heterocycles. The second-order valence-corrected chi connectivity index (χ2v) is 15.9. The third kappa shape index (κ3) is 20.5. The molecule has 336 valence electrons. The van der Waals surface area contributed by atoms with Crippen LogP contribution < -0.4 is 42.5 Å². The first kappa shape index (κ1) is 52.6. The molecule has 1 aromatic rings. The molecule has 0 saturated heterocycles. The molecule has 0 aliphatic carbocycles. The van der Waals surface area contributed by atoms with Crippen LogP contribution in [0.25, 0.3) is 0 Å². The van der Waals surface area contributed by atoms with E-state index in [2.05, 4.69) is 42.5 Å². The first-order chi connectivity index (χ1) is 28.0.